The van der Waals surface area contributed by atoms with Crippen molar-refractivity contribution < 1.29 is 14.7 Å². The molecule has 0 bridgehead atoms. The van der Waals surface area contributed by atoms with Crippen LogP contribution in [0.4, 0.5) is 0 Å². The van der Waals surface area contributed by atoms with E-state index in [0.717, 1.165) is 25.0 Å². The van der Waals surface area contributed by atoms with Crippen molar-refractivity contribution in [2.45, 2.75) is 32.2 Å². The van der Waals surface area contributed by atoms with E-state index in [1.807, 2.05) is 6.92 Å². The molecule has 1 atom stereocenters. The van der Waals surface area contributed by atoms with Crippen molar-refractivity contribution in [3.05, 3.63) is 29.8 Å². The van der Waals surface area contributed by atoms with Crippen molar-refractivity contribution in [3.8, 4) is 5.75 Å². The van der Waals surface area contributed by atoms with Gasteiger partial charge in [0.05, 0.1) is 12.6 Å². The number of amides is 1. The lowest BCUT2D eigenvalue weighted by Gasteiger charge is -2.34. The van der Waals surface area contributed by atoms with Crippen LogP contribution in [0.15, 0.2) is 29.4 Å². The number of oxime groups is 1. The summed E-state index contributed by atoms with van der Waals surface area (Å²) < 4.78 is 5.37. The van der Waals surface area contributed by atoms with Crippen LogP contribution in [-0.2, 0) is 0 Å². The molecular weight excluding hydrogens is 270 g/mol. The molecule has 1 aromatic rings. The highest BCUT2D eigenvalue weighted by atomic mass is 16.5. The fourth-order valence-electron chi connectivity index (χ4n) is 2.58. The van der Waals surface area contributed by atoms with Crippen LogP contribution in [0.3, 0.4) is 0 Å². The molecule has 0 aromatic heterocycles. The summed E-state index contributed by atoms with van der Waals surface area (Å²) in [7, 11) is 0. The fraction of sp³-hybridized carbons (Fsp3) is 0.467. The third-order valence-corrected chi connectivity index (χ3v) is 3.63. The number of nitrogens with two attached hydrogens (primary N) is 1. The van der Waals surface area contributed by atoms with Crippen molar-refractivity contribution in [2.24, 2.45) is 10.9 Å². The Morgan fingerprint density at radius 1 is 1.43 bits per heavy atom. The molecule has 0 aliphatic carbocycles. The van der Waals surface area contributed by atoms with E-state index in [0.29, 0.717) is 18.7 Å². The molecule has 1 aliphatic heterocycles. The first kappa shape index (κ1) is 15.2. The summed E-state index contributed by atoms with van der Waals surface area (Å²) in [5.41, 5.74) is 6.28. The Bertz CT molecular complexity index is 513. The van der Waals surface area contributed by atoms with Crippen molar-refractivity contribution in [3.63, 3.8) is 0 Å². The first-order valence-corrected chi connectivity index (χ1v) is 7.18. The minimum absolute atomic E-state index is 0.0917. The van der Waals surface area contributed by atoms with Gasteiger partial charge in [-0.3, -0.25) is 4.79 Å². The highest BCUT2D eigenvalue weighted by Crippen LogP contribution is 2.21. The van der Waals surface area contributed by atoms with Crippen LogP contribution in [0, 0.1) is 0 Å². The van der Waals surface area contributed by atoms with Gasteiger partial charge >= 0.3 is 0 Å². The quantitative estimate of drug-likeness (QED) is 0.383. The zero-order valence-corrected chi connectivity index (χ0v) is 12.2. The van der Waals surface area contributed by atoms with Gasteiger partial charge in [0, 0.05) is 12.1 Å². The number of benzene rings is 1. The van der Waals surface area contributed by atoms with Crippen LogP contribution in [-0.4, -0.2) is 41.0 Å². The number of hydrogen-bond acceptors (Lipinski definition) is 4. The number of piperidine rings is 1. The molecule has 1 unspecified atom stereocenters. The van der Waals surface area contributed by atoms with E-state index in [1.54, 1.807) is 29.2 Å². The number of hydrogen-bond donors (Lipinski definition) is 2. The monoisotopic (exact) mass is 291 g/mol. The standard InChI is InChI=1S/C15H21N3O3/c1-2-21-12-8-6-11(7-9-12)15(19)18-10-4-3-5-13(18)14(16)17-20/h6-9,13,20H,2-5,10H2,1H3,(H2,16,17). The van der Waals surface area contributed by atoms with E-state index >= 15 is 0 Å². The first-order valence-electron chi connectivity index (χ1n) is 7.18. The van der Waals surface area contributed by atoms with Gasteiger partial charge in [-0.05, 0) is 50.5 Å². The highest BCUT2D eigenvalue weighted by molar-refractivity contribution is 5.98. The summed E-state index contributed by atoms with van der Waals surface area (Å²) in [5.74, 6) is 0.726. The molecule has 1 fully saturated rings. The second kappa shape index (κ2) is 6.97. The Hall–Kier alpha value is -2.24. The molecule has 0 saturated carbocycles. The van der Waals surface area contributed by atoms with Gasteiger partial charge in [0.25, 0.3) is 5.91 Å². The maximum atomic E-state index is 12.6. The second-order valence-electron chi connectivity index (χ2n) is 4.99. The molecule has 0 spiro atoms. The average molecular weight is 291 g/mol. The molecule has 3 N–H and O–H groups in total. The molecule has 1 saturated heterocycles. The maximum Gasteiger partial charge on any atom is 0.254 e. The number of ether oxygens (including phenoxy) is 1. The summed E-state index contributed by atoms with van der Waals surface area (Å²) in [4.78, 5) is 14.3. The molecule has 1 amide bonds. The van der Waals surface area contributed by atoms with Crippen molar-refractivity contribution in [2.75, 3.05) is 13.2 Å². The summed E-state index contributed by atoms with van der Waals surface area (Å²) in [6, 6.07) is 6.71. The zero-order chi connectivity index (χ0) is 15.2. The number of carbonyl (C=O) groups excluding carboxylic acids is 1. The number of carbonyl (C=O) groups is 1. The van der Waals surface area contributed by atoms with E-state index in [-0.39, 0.29) is 17.8 Å². The van der Waals surface area contributed by atoms with Crippen LogP contribution in [0.1, 0.15) is 36.5 Å². The molecule has 1 heterocycles. The van der Waals surface area contributed by atoms with Crippen molar-refractivity contribution >= 4 is 11.7 Å². The molecule has 2 rings (SSSR count). The van der Waals surface area contributed by atoms with E-state index in [9.17, 15) is 4.79 Å². The molecular formula is C15H21N3O3. The molecule has 114 valence electrons. The Balaban J connectivity index is 2.16. The van der Waals surface area contributed by atoms with Gasteiger partial charge in [-0.1, -0.05) is 5.16 Å². The predicted octanol–water partition coefficient (Wildman–Crippen LogP) is 1.83. The maximum absolute atomic E-state index is 12.6. The number of rotatable bonds is 4. The lowest BCUT2D eigenvalue weighted by Crippen LogP contribution is -2.50. The fourth-order valence-corrected chi connectivity index (χ4v) is 2.58. The lowest BCUT2D eigenvalue weighted by atomic mass is 10.00. The predicted molar refractivity (Wildman–Crippen MR) is 79.7 cm³/mol. The average Bonchev–Trinajstić information content (AvgIpc) is 2.54. The van der Waals surface area contributed by atoms with Crippen molar-refractivity contribution in [1.29, 1.82) is 0 Å². The molecule has 1 aromatic carbocycles. The van der Waals surface area contributed by atoms with Gasteiger partial charge in [-0.25, -0.2) is 0 Å². The van der Waals surface area contributed by atoms with Gasteiger partial charge in [0.2, 0.25) is 0 Å². The minimum atomic E-state index is -0.331. The summed E-state index contributed by atoms with van der Waals surface area (Å²) in [6.45, 7) is 3.12. The number of nitrogens with zero attached hydrogens (tertiary/aromatic N) is 2. The normalized spacial score (nSPS) is 19.4. The van der Waals surface area contributed by atoms with E-state index in [4.69, 9.17) is 15.7 Å². The van der Waals surface area contributed by atoms with Gasteiger partial charge in [-0.15, -0.1) is 0 Å². The van der Waals surface area contributed by atoms with E-state index in [2.05, 4.69) is 5.16 Å². The van der Waals surface area contributed by atoms with Gasteiger partial charge in [0.15, 0.2) is 5.84 Å². The molecule has 1 aliphatic rings. The highest BCUT2D eigenvalue weighted by Gasteiger charge is 2.30. The number of amidine groups is 1. The van der Waals surface area contributed by atoms with E-state index < -0.39 is 0 Å². The Morgan fingerprint density at radius 3 is 2.76 bits per heavy atom. The lowest BCUT2D eigenvalue weighted by molar-refractivity contribution is 0.0676. The minimum Gasteiger partial charge on any atom is -0.494 e. The SMILES string of the molecule is CCOc1ccc(C(=O)N2CCCCC2C(N)=NO)cc1. The van der Waals surface area contributed by atoms with Crippen LogP contribution in [0.5, 0.6) is 5.75 Å². The van der Waals surface area contributed by atoms with Crippen molar-refractivity contribution in [1.82, 2.24) is 4.90 Å². The summed E-state index contributed by atoms with van der Waals surface area (Å²) in [6.07, 6.45) is 2.62. The number of likely N-dealkylation sites (tertiary alicyclic amines) is 1. The zero-order valence-electron chi connectivity index (χ0n) is 12.2. The van der Waals surface area contributed by atoms with Gasteiger partial charge < -0.3 is 20.6 Å². The first-order chi connectivity index (χ1) is 10.2. The molecule has 0 radical (unpaired) electrons. The van der Waals surface area contributed by atoms with Crippen LogP contribution in [0.25, 0.3) is 0 Å². The smallest absolute Gasteiger partial charge is 0.254 e. The largest absolute Gasteiger partial charge is 0.494 e. The third-order valence-electron chi connectivity index (χ3n) is 3.63. The molecule has 21 heavy (non-hydrogen) atoms. The second-order valence-corrected chi connectivity index (χ2v) is 4.99. The summed E-state index contributed by atoms with van der Waals surface area (Å²) >= 11 is 0. The van der Waals surface area contributed by atoms with Crippen LogP contribution >= 0.6 is 0 Å². The van der Waals surface area contributed by atoms with Crippen LogP contribution < -0.4 is 10.5 Å². The third kappa shape index (κ3) is 3.45. The Morgan fingerprint density at radius 2 is 2.14 bits per heavy atom. The van der Waals surface area contributed by atoms with Gasteiger partial charge in [-0.2, -0.15) is 0 Å². The summed E-state index contributed by atoms with van der Waals surface area (Å²) in [5, 5.41) is 11.9. The van der Waals surface area contributed by atoms with Crippen LogP contribution in [0.2, 0.25) is 0 Å². The van der Waals surface area contributed by atoms with Gasteiger partial charge in [0.1, 0.15) is 5.75 Å². The Kier molecular flexibility index (Phi) is 5.03. The molecule has 6 nitrogen and oxygen atoms in total. The Labute approximate surface area is 124 Å². The molecule has 6 heteroatoms. The topological polar surface area (TPSA) is 88.2 Å². The van der Waals surface area contributed by atoms with E-state index in [1.165, 1.54) is 0 Å².